The number of nitrogens with two attached hydrogens (primary N) is 1. The molecule has 1 saturated heterocycles. The van der Waals surface area contributed by atoms with Gasteiger partial charge in [-0.1, -0.05) is 0 Å². The lowest BCUT2D eigenvalue weighted by Crippen LogP contribution is -2.42. The Hall–Kier alpha value is -0.210. The van der Waals surface area contributed by atoms with Crippen molar-refractivity contribution in [3.05, 3.63) is 0 Å². The Labute approximate surface area is 64.9 Å². The third-order valence-electron chi connectivity index (χ3n) is 1.14. The maximum Gasteiger partial charge on any atom is 0.335 e. The van der Waals surface area contributed by atoms with Crippen LogP contribution in [0.1, 0.15) is 0 Å². The largest absolute Gasteiger partial charge is 0.349 e. The van der Waals surface area contributed by atoms with Crippen molar-refractivity contribution in [1.29, 1.82) is 0 Å². The van der Waals surface area contributed by atoms with E-state index in [1.165, 1.54) is 0 Å². The van der Waals surface area contributed by atoms with Crippen LogP contribution < -0.4 is 10.5 Å². The molecule has 0 spiro atoms. The fourth-order valence-corrected chi connectivity index (χ4v) is 1.18. The van der Waals surface area contributed by atoms with Gasteiger partial charge in [-0.25, -0.2) is 9.32 Å². The van der Waals surface area contributed by atoms with E-state index in [9.17, 15) is 8.42 Å². The van der Waals surface area contributed by atoms with Gasteiger partial charge in [0, 0.05) is 13.1 Å². The lowest BCUT2D eigenvalue weighted by Gasteiger charge is -2.21. The molecular weight excluding hydrogens is 172 g/mol. The summed E-state index contributed by atoms with van der Waals surface area (Å²) >= 11 is 0. The van der Waals surface area contributed by atoms with E-state index in [-0.39, 0.29) is 0 Å². The van der Waals surface area contributed by atoms with Crippen LogP contribution in [-0.2, 0) is 19.2 Å². The Morgan fingerprint density at radius 1 is 1.64 bits per heavy atom. The SMILES string of the molecule is NS(=O)(=O)OC1CNCCO1. The maximum absolute atomic E-state index is 10.3. The molecule has 1 aliphatic rings. The molecule has 1 unspecified atom stereocenters. The summed E-state index contributed by atoms with van der Waals surface area (Å²) in [6, 6.07) is 0. The zero-order chi connectivity index (χ0) is 8.32. The topological polar surface area (TPSA) is 90.7 Å². The Morgan fingerprint density at radius 3 is 2.82 bits per heavy atom. The van der Waals surface area contributed by atoms with E-state index < -0.39 is 16.6 Å². The molecule has 0 aliphatic carbocycles. The molecule has 0 saturated carbocycles. The van der Waals surface area contributed by atoms with E-state index in [2.05, 4.69) is 14.6 Å². The van der Waals surface area contributed by atoms with E-state index in [1.54, 1.807) is 0 Å². The highest BCUT2D eigenvalue weighted by Gasteiger charge is 2.18. The Balaban J connectivity index is 2.36. The fraction of sp³-hybridized carbons (Fsp3) is 1.00. The molecular formula is C4H10N2O4S. The molecule has 0 aromatic carbocycles. The summed E-state index contributed by atoms with van der Waals surface area (Å²) in [6.07, 6.45) is -0.779. The Morgan fingerprint density at radius 2 is 2.36 bits per heavy atom. The van der Waals surface area contributed by atoms with Crippen LogP contribution in [-0.4, -0.2) is 34.4 Å². The lowest BCUT2D eigenvalue weighted by atomic mass is 10.5. The maximum atomic E-state index is 10.3. The molecule has 3 N–H and O–H groups in total. The van der Waals surface area contributed by atoms with Crippen molar-refractivity contribution in [2.75, 3.05) is 19.7 Å². The van der Waals surface area contributed by atoms with Crippen molar-refractivity contribution in [2.45, 2.75) is 6.29 Å². The van der Waals surface area contributed by atoms with Crippen molar-refractivity contribution in [2.24, 2.45) is 5.14 Å². The first kappa shape index (κ1) is 8.88. The van der Waals surface area contributed by atoms with E-state index in [4.69, 9.17) is 4.74 Å². The highest BCUT2D eigenvalue weighted by atomic mass is 32.2. The standard InChI is InChI=1S/C4H10N2O4S/c5-11(7,8)10-4-3-6-1-2-9-4/h4,6H,1-3H2,(H2,5,7,8). The van der Waals surface area contributed by atoms with Gasteiger partial charge in [-0.3, -0.25) is 0 Å². The summed E-state index contributed by atoms with van der Waals surface area (Å²) in [5, 5.41) is 7.50. The first-order valence-electron chi connectivity index (χ1n) is 3.11. The quantitative estimate of drug-likeness (QED) is 0.523. The van der Waals surface area contributed by atoms with Crippen molar-refractivity contribution in [3.8, 4) is 0 Å². The van der Waals surface area contributed by atoms with Crippen molar-refractivity contribution >= 4 is 10.3 Å². The van der Waals surface area contributed by atoms with Crippen LogP contribution in [0.2, 0.25) is 0 Å². The van der Waals surface area contributed by atoms with E-state index in [1.807, 2.05) is 0 Å². The van der Waals surface area contributed by atoms with Gasteiger partial charge in [-0.15, -0.1) is 0 Å². The van der Waals surface area contributed by atoms with Crippen molar-refractivity contribution in [1.82, 2.24) is 5.32 Å². The third kappa shape index (κ3) is 3.63. The van der Waals surface area contributed by atoms with Gasteiger partial charge in [0.2, 0.25) is 0 Å². The first-order valence-corrected chi connectivity index (χ1v) is 4.58. The van der Waals surface area contributed by atoms with Gasteiger partial charge in [0.1, 0.15) is 0 Å². The highest BCUT2D eigenvalue weighted by molar-refractivity contribution is 7.84. The summed E-state index contributed by atoms with van der Waals surface area (Å²) in [7, 11) is -3.89. The number of rotatable bonds is 2. The van der Waals surface area contributed by atoms with Crippen LogP contribution >= 0.6 is 0 Å². The molecule has 0 radical (unpaired) electrons. The lowest BCUT2D eigenvalue weighted by molar-refractivity contribution is -0.0911. The number of hydrogen-bond donors (Lipinski definition) is 2. The molecule has 11 heavy (non-hydrogen) atoms. The summed E-state index contributed by atoms with van der Waals surface area (Å²) < 4.78 is 29.9. The first-order chi connectivity index (χ1) is 5.08. The minimum absolute atomic E-state index is 0.344. The normalized spacial score (nSPS) is 26.8. The van der Waals surface area contributed by atoms with Gasteiger partial charge in [-0.05, 0) is 0 Å². The third-order valence-corrected chi connectivity index (χ3v) is 1.62. The highest BCUT2D eigenvalue weighted by Crippen LogP contribution is 1.99. The second kappa shape index (κ2) is 3.46. The van der Waals surface area contributed by atoms with E-state index in [0.29, 0.717) is 19.7 Å². The Bertz CT molecular complexity index is 208. The smallest absolute Gasteiger partial charge is 0.335 e. The second-order valence-corrected chi connectivity index (χ2v) is 3.27. The predicted octanol–water partition coefficient (Wildman–Crippen LogP) is -1.85. The average molecular weight is 182 g/mol. The summed E-state index contributed by atoms with van der Waals surface area (Å²) in [5.41, 5.74) is 0. The summed E-state index contributed by atoms with van der Waals surface area (Å²) in [4.78, 5) is 0. The van der Waals surface area contributed by atoms with Gasteiger partial charge in [-0.2, -0.15) is 8.42 Å². The van der Waals surface area contributed by atoms with E-state index in [0.717, 1.165) is 0 Å². The minimum Gasteiger partial charge on any atom is -0.349 e. The zero-order valence-electron chi connectivity index (χ0n) is 5.82. The predicted molar refractivity (Wildman–Crippen MR) is 36.8 cm³/mol. The van der Waals surface area contributed by atoms with E-state index >= 15 is 0 Å². The molecule has 0 bridgehead atoms. The van der Waals surface area contributed by atoms with Crippen LogP contribution in [0.5, 0.6) is 0 Å². The molecule has 7 heteroatoms. The average Bonchev–Trinajstić information content (AvgIpc) is 1.85. The molecule has 1 rings (SSSR count). The molecule has 6 nitrogen and oxygen atoms in total. The van der Waals surface area contributed by atoms with Gasteiger partial charge >= 0.3 is 10.3 Å². The minimum atomic E-state index is -3.89. The van der Waals surface area contributed by atoms with Crippen LogP contribution in [0.15, 0.2) is 0 Å². The molecule has 0 amide bonds. The van der Waals surface area contributed by atoms with Crippen molar-refractivity contribution in [3.63, 3.8) is 0 Å². The van der Waals surface area contributed by atoms with Gasteiger partial charge in [0.25, 0.3) is 0 Å². The number of nitrogens with one attached hydrogen (secondary N) is 1. The van der Waals surface area contributed by atoms with Crippen LogP contribution in [0.3, 0.4) is 0 Å². The molecule has 0 aromatic rings. The van der Waals surface area contributed by atoms with Gasteiger partial charge in [0.15, 0.2) is 6.29 Å². The number of ether oxygens (including phenoxy) is 1. The number of morpholine rings is 1. The van der Waals surface area contributed by atoms with Crippen LogP contribution in [0, 0.1) is 0 Å². The monoisotopic (exact) mass is 182 g/mol. The second-order valence-electron chi connectivity index (χ2n) is 2.09. The number of hydrogen-bond acceptors (Lipinski definition) is 5. The molecule has 0 aromatic heterocycles. The molecule has 1 atom stereocenters. The van der Waals surface area contributed by atoms with Gasteiger partial charge < -0.3 is 10.1 Å². The summed E-state index contributed by atoms with van der Waals surface area (Å²) in [5.74, 6) is 0. The summed E-state index contributed by atoms with van der Waals surface area (Å²) in [6.45, 7) is 1.47. The van der Waals surface area contributed by atoms with Gasteiger partial charge in [0.05, 0.1) is 6.61 Å². The fourth-order valence-electron chi connectivity index (χ4n) is 0.753. The molecule has 1 aliphatic heterocycles. The van der Waals surface area contributed by atoms with Crippen molar-refractivity contribution < 1.29 is 17.3 Å². The zero-order valence-corrected chi connectivity index (χ0v) is 6.63. The molecule has 1 fully saturated rings. The van der Waals surface area contributed by atoms with Crippen LogP contribution in [0.25, 0.3) is 0 Å². The molecule has 66 valence electrons. The molecule has 1 heterocycles. The van der Waals surface area contributed by atoms with Crippen LogP contribution in [0.4, 0.5) is 0 Å². The Kier molecular flexibility index (Phi) is 2.79.